The van der Waals surface area contributed by atoms with Crippen LogP contribution in [0.5, 0.6) is 0 Å². The fraction of sp³-hybridized carbons (Fsp3) is 0.933. The van der Waals surface area contributed by atoms with Crippen LogP contribution in [0.25, 0.3) is 0 Å². The molecule has 114 valence electrons. The number of alkyl halides is 1. The van der Waals surface area contributed by atoms with Gasteiger partial charge in [0.1, 0.15) is 0 Å². The van der Waals surface area contributed by atoms with Gasteiger partial charge in [-0.2, -0.15) is 0 Å². The zero-order valence-electron chi connectivity index (χ0n) is 12.5. The summed E-state index contributed by atoms with van der Waals surface area (Å²) >= 11 is 7.12. The van der Waals surface area contributed by atoms with Crippen molar-refractivity contribution in [1.82, 2.24) is 0 Å². The lowest BCUT2D eigenvalue weighted by Crippen LogP contribution is -2.08. The molecule has 0 aliphatic heterocycles. The molecule has 2 nitrogen and oxygen atoms in total. The molecule has 1 atom stereocenters. The summed E-state index contributed by atoms with van der Waals surface area (Å²) in [6.07, 6.45) is 12.4. The number of carbonyl (C=O) groups excluding carboxylic acids is 1. The zero-order valence-corrected chi connectivity index (χ0v) is 14.0. The van der Waals surface area contributed by atoms with Gasteiger partial charge in [0.15, 0.2) is 5.56 Å². The minimum absolute atomic E-state index is 0.251. The Bertz CT molecular complexity index is 212. The fourth-order valence-corrected chi connectivity index (χ4v) is 2.64. The summed E-state index contributed by atoms with van der Waals surface area (Å²) in [5.74, 6) is 0.737. The van der Waals surface area contributed by atoms with Crippen LogP contribution in [0.4, 0.5) is 4.79 Å². The van der Waals surface area contributed by atoms with Gasteiger partial charge in [-0.3, -0.25) is 0 Å². The van der Waals surface area contributed by atoms with Crippen LogP contribution in [-0.2, 0) is 4.74 Å². The van der Waals surface area contributed by atoms with E-state index in [-0.39, 0.29) is 5.30 Å². The van der Waals surface area contributed by atoms with Crippen molar-refractivity contribution < 1.29 is 9.53 Å². The van der Waals surface area contributed by atoms with E-state index in [1.54, 1.807) is 0 Å². The topological polar surface area (TPSA) is 26.3 Å². The molecule has 0 radical (unpaired) electrons. The Kier molecular flexibility index (Phi) is 14.6. The van der Waals surface area contributed by atoms with E-state index in [0.717, 1.165) is 18.6 Å². The maximum atomic E-state index is 11.2. The van der Waals surface area contributed by atoms with Crippen molar-refractivity contribution >= 4 is 28.7 Å². The highest BCUT2D eigenvalue weighted by Crippen LogP contribution is 2.16. The van der Waals surface area contributed by atoms with Crippen molar-refractivity contribution in [3.63, 3.8) is 0 Å². The highest BCUT2D eigenvalue weighted by molar-refractivity contribution is 8.13. The van der Waals surface area contributed by atoms with Gasteiger partial charge < -0.3 is 4.74 Å². The van der Waals surface area contributed by atoms with E-state index in [2.05, 4.69) is 6.92 Å². The van der Waals surface area contributed by atoms with E-state index < -0.39 is 5.56 Å². The van der Waals surface area contributed by atoms with Crippen LogP contribution in [0, 0.1) is 0 Å². The Morgan fingerprint density at radius 1 is 1.00 bits per heavy atom. The van der Waals surface area contributed by atoms with Gasteiger partial charge >= 0.3 is 5.30 Å². The van der Waals surface area contributed by atoms with E-state index in [9.17, 15) is 4.79 Å². The summed E-state index contributed by atoms with van der Waals surface area (Å²) in [4.78, 5) is 11.2. The molecular weight excluding hydrogens is 280 g/mol. The Labute approximate surface area is 128 Å². The molecule has 0 bridgehead atoms. The molecule has 0 rings (SSSR count). The Morgan fingerprint density at radius 2 is 1.53 bits per heavy atom. The molecule has 0 fully saturated rings. The Balaban J connectivity index is 3.22. The quantitative estimate of drug-likeness (QED) is 0.238. The zero-order chi connectivity index (χ0) is 14.3. The molecule has 0 aromatic rings. The van der Waals surface area contributed by atoms with Crippen LogP contribution < -0.4 is 0 Å². The minimum Gasteiger partial charge on any atom is -0.438 e. The average molecular weight is 309 g/mol. The molecule has 4 heteroatoms. The predicted molar refractivity (Wildman–Crippen MR) is 86.1 cm³/mol. The smallest absolute Gasteiger partial charge is 0.368 e. The normalized spacial score (nSPS) is 12.4. The SMILES string of the molecule is CCCCCCCCCCCC(Cl)OC(=O)SCC. The van der Waals surface area contributed by atoms with Crippen LogP contribution in [0.15, 0.2) is 0 Å². The Hall–Kier alpha value is 0.110. The number of halogens is 1. The molecule has 19 heavy (non-hydrogen) atoms. The van der Waals surface area contributed by atoms with Gasteiger partial charge in [0.05, 0.1) is 0 Å². The molecular formula is C15H29ClO2S. The predicted octanol–water partition coefficient (Wildman–Crippen LogP) is 6.36. The van der Waals surface area contributed by atoms with E-state index in [1.807, 2.05) is 6.92 Å². The lowest BCUT2D eigenvalue weighted by atomic mass is 10.1. The monoisotopic (exact) mass is 308 g/mol. The van der Waals surface area contributed by atoms with Gasteiger partial charge in [0.2, 0.25) is 0 Å². The van der Waals surface area contributed by atoms with Crippen molar-refractivity contribution in [1.29, 1.82) is 0 Å². The lowest BCUT2D eigenvalue weighted by Gasteiger charge is -2.10. The summed E-state index contributed by atoms with van der Waals surface area (Å²) in [6, 6.07) is 0. The lowest BCUT2D eigenvalue weighted by molar-refractivity contribution is 0.155. The first-order chi connectivity index (χ1) is 9.20. The van der Waals surface area contributed by atoms with E-state index in [4.69, 9.17) is 16.3 Å². The van der Waals surface area contributed by atoms with E-state index >= 15 is 0 Å². The van der Waals surface area contributed by atoms with Crippen molar-refractivity contribution in [3.05, 3.63) is 0 Å². The third-order valence-corrected chi connectivity index (χ3v) is 3.95. The summed E-state index contributed by atoms with van der Waals surface area (Å²) in [5.41, 5.74) is -0.448. The molecule has 0 N–H and O–H groups in total. The van der Waals surface area contributed by atoms with Crippen LogP contribution >= 0.6 is 23.4 Å². The molecule has 0 amide bonds. The standard InChI is InChI=1S/C15H29ClO2S/c1-3-5-6-7-8-9-10-11-12-13-14(16)18-15(17)19-4-2/h14H,3-13H2,1-2H3. The molecule has 0 aromatic heterocycles. The van der Waals surface area contributed by atoms with Crippen molar-refractivity contribution in [2.24, 2.45) is 0 Å². The summed E-state index contributed by atoms with van der Waals surface area (Å²) in [5, 5.41) is -0.251. The van der Waals surface area contributed by atoms with Gasteiger partial charge in [0.25, 0.3) is 0 Å². The van der Waals surface area contributed by atoms with E-state index in [1.165, 1.54) is 63.1 Å². The molecule has 1 unspecified atom stereocenters. The van der Waals surface area contributed by atoms with Crippen LogP contribution in [0.3, 0.4) is 0 Å². The summed E-state index contributed by atoms with van der Waals surface area (Å²) in [6.45, 7) is 4.17. The molecule has 0 heterocycles. The van der Waals surface area contributed by atoms with Gasteiger partial charge in [-0.05, 0) is 24.6 Å². The average Bonchev–Trinajstić information content (AvgIpc) is 2.37. The number of hydrogen-bond donors (Lipinski definition) is 0. The number of hydrogen-bond acceptors (Lipinski definition) is 3. The number of unbranched alkanes of at least 4 members (excludes halogenated alkanes) is 8. The van der Waals surface area contributed by atoms with Gasteiger partial charge in [0, 0.05) is 5.75 Å². The number of ether oxygens (including phenoxy) is 1. The first kappa shape index (κ1) is 19.1. The second-order valence-corrected chi connectivity index (χ2v) is 6.51. The molecule has 0 saturated heterocycles. The number of rotatable bonds is 12. The molecule has 0 saturated carbocycles. The molecule has 0 aliphatic carbocycles. The maximum absolute atomic E-state index is 11.2. The second kappa shape index (κ2) is 14.5. The first-order valence-corrected chi connectivity index (χ1v) is 9.10. The third kappa shape index (κ3) is 14.3. The van der Waals surface area contributed by atoms with Crippen LogP contribution in [-0.4, -0.2) is 16.6 Å². The third-order valence-electron chi connectivity index (χ3n) is 3.02. The van der Waals surface area contributed by atoms with Gasteiger partial charge in [-0.25, -0.2) is 4.79 Å². The summed E-state index contributed by atoms with van der Waals surface area (Å²) < 4.78 is 5.05. The molecule has 0 spiro atoms. The largest absolute Gasteiger partial charge is 0.438 e. The second-order valence-electron chi connectivity index (χ2n) is 4.83. The highest BCUT2D eigenvalue weighted by atomic mass is 35.5. The number of thioether (sulfide) groups is 1. The van der Waals surface area contributed by atoms with Gasteiger partial charge in [-0.1, -0.05) is 76.8 Å². The van der Waals surface area contributed by atoms with E-state index in [0.29, 0.717) is 0 Å². The van der Waals surface area contributed by atoms with Crippen molar-refractivity contribution in [2.75, 3.05) is 5.75 Å². The first-order valence-electron chi connectivity index (χ1n) is 7.68. The fourth-order valence-electron chi connectivity index (χ4n) is 1.93. The minimum atomic E-state index is -0.448. The van der Waals surface area contributed by atoms with Crippen LogP contribution in [0.2, 0.25) is 0 Å². The molecule has 0 aromatic carbocycles. The van der Waals surface area contributed by atoms with Crippen molar-refractivity contribution in [2.45, 2.75) is 83.6 Å². The highest BCUT2D eigenvalue weighted by Gasteiger charge is 2.10. The van der Waals surface area contributed by atoms with Gasteiger partial charge in [-0.15, -0.1) is 0 Å². The Morgan fingerprint density at radius 3 is 2.05 bits per heavy atom. The van der Waals surface area contributed by atoms with Crippen molar-refractivity contribution in [3.8, 4) is 0 Å². The van der Waals surface area contributed by atoms with Crippen LogP contribution in [0.1, 0.15) is 78.1 Å². The molecule has 0 aliphatic rings. The maximum Gasteiger partial charge on any atom is 0.368 e. The summed E-state index contributed by atoms with van der Waals surface area (Å²) in [7, 11) is 0. The number of carbonyl (C=O) groups is 1.